The van der Waals surface area contributed by atoms with Gasteiger partial charge in [0.15, 0.2) is 6.29 Å². The lowest BCUT2D eigenvalue weighted by Gasteiger charge is -2.41. The number of amides is 1. The molecule has 1 aliphatic heterocycles. The number of carbonyl (C=O) groups excluding carboxylic acids is 1. The quantitative estimate of drug-likeness (QED) is 0.723. The third-order valence-electron chi connectivity index (χ3n) is 2.81. The SMILES string of the molecule is COCC1OC(OC)C(SC(=O)N(C)C)C(O)C1O. The van der Waals surface area contributed by atoms with Crippen molar-refractivity contribution in [3.8, 4) is 0 Å². The Hall–Kier alpha value is -0.380. The summed E-state index contributed by atoms with van der Waals surface area (Å²) in [4.78, 5) is 13.1. The first-order valence-corrected chi connectivity index (χ1v) is 6.71. The van der Waals surface area contributed by atoms with Crippen LogP contribution in [0.25, 0.3) is 0 Å². The number of methoxy groups -OCH3 is 2. The van der Waals surface area contributed by atoms with Crippen LogP contribution in [-0.2, 0) is 14.2 Å². The third kappa shape index (κ3) is 4.04. The molecule has 1 aliphatic rings. The van der Waals surface area contributed by atoms with Gasteiger partial charge in [0.25, 0.3) is 5.24 Å². The van der Waals surface area contributed by atoms with Gasteiger partial charge in [-0.3, -0.25) is 4.79 Å². The summed E-state index contributed by atoms with van der Waals surface area (Å²) in [5, 5.41) is 19.1. The molecule has 1 fully saturated rings. The molecule has 1 heterocycles. The Morgan fingerprint density at radius 1 is 1.32 bits per heavy atom. The zero-order valence-corrected chi connectivity index (χ0v) is 12.3. The molecule has 5 unspecified atom stereocenters. The topological polar surface area (TPSA) is 88.5 Å². The maximum Gasteiger partial charge on any atom is 0.281 e. The Kier molecular flexibility index (Phi) is 6.51. The van der Waals surface area contributed by atoms with Gasteiger partial charge in [-0.1, -0.05) is 11.8 Å². The van der Waals surface area contributed by atoms with E-state index in [1.165, 1.54) is 19.1 Å². The summed E-state index contributed by atoms with van der Waals surface area (Å²) in [6.45, 7) is 0.136. The fourth-order valence-electron chi connectivity index (χ4n) is 1.74. The van der Waals surface area contributed by atoms with Crippen LogP contribution in [0.3, 0.4) is 0 Å². The first kappa shape index (κ1) is 16.7. The van der Waals surface area contributed by atoms with Gasteiger partial charge in [0.05, 0.1) is 18.0 Å². The zero-order valence-electron chi connectivity index (χ0n) is 11.5. The Balaban J connectivity index is 2.77. The summed E-state index contributed by atoms with van der Waals surface area (Å²) >= 11 is 0.879. The van der Waals surface area contributed by atoms with E-state index in [0.29, 0.717) is 0 Å². The van der Waals surface area contributed by atoms with E-state index in [-0.39, 0.29) is 11.8 Å². The van der Waals surface area contributed by atoms with E-state index in [4.69, 9.17) is 14.2 Å². The zero-order chi connectivity index (χ0) is 14.6. The predicted molar refractivity (Wildman–Crippen MR) is 70.0 cm³/mol. The average Bonchev–Trinajstić information content (AvgIpc) is 2.38. The molecular formula is C11H21NO6S. The van der Waals surface area contributed by atoms with Gasteiger partial charge in [-0.05, 0) is 0 Å². The molecule has 0 aliphatic carbocycles. The standard InChI is InChI=1S/C11H21NO6S/c1-12(2)11(15)19-9-8(14)7(13)6(5-16-3)18-10(9)17-4/h6-10,13-14H,5H2,1-4H3. The van der Waals surface area contributed by atoms with E-state index in [1.807, 2.05) is 0 Å². The van der Waals surface area contributed by atoms with Crippen LogP contribution >= 0.6 is 11.8 Å². The van der Waals surface area contributed by atoms with Crippen molar-refractivity contribution in [2.45, 2.75) is 29.9 Å². The van der Waals surface area contributed by atoms with Gasteiger partial charge in [0.1, 0.15) is 12.2 Å². The van der Waals surface area contributed by atoms with E-state index in [0.717, 1.165) is 11.8 Å². The summed E-state index contributed by atoms with van der Waals surface area (Å²) in [5.74, 6) is 0. The van der Waals surface area contributed by atoms with Crippen molar-refractivity contribution >= 4 is 17.0 Å². The van der Waals surface area contributed by atoms with E-state index in [9.17, 15) is 15.0 Å². The van der Waals surface area contributed by atoms with Crippen molar-refractivity contribution in [2.75, 3.05) is 34.9 Å². The second-order valence-electron chi connectivity index (χ2n) is 4.46. The molecule has 0 aromatic heterocycles. The molecule has 8 heteroatoms. The summed E-state index contributed by atoms with van der Waals surface area (Å²) in [5.41, 5.74) is 0. The Labute approximate surface area is 116 Å². The monoisotopic (exact) mass is 295 g/mol. The number of aliphatic hydroxyl groups excluding tert-OH is 2. The number of nitrogens with zero attached hydrogens (tertiary/aromatic N) is 1. The number of ether oxygens (including phenoxy) is 3. The molecule has 0 aromatic rings. The molecule has 0 aromatic carbocycles. The molecular weight excluding hydrogens is 274 g/mol. The molecule has 112 valence electrons. The number of carbonyl (C=O) groups is 1. The molecule has 7 nitrogen and oxygen atoms in total. The Morgan fingerprint density at radius 3 is 2.42 bits per heavy atom. The van der Waals surface area contributed by atoms with Crippen LogP contribution in [0.15, 0.2) is 0 Å². The van der Waals surface area contributed by atoms with Gasteiger partial charge in [-0.15, -0.1) is 0 Å². The maximum absolute atomic E-state index is 11.7. The molecule has 2 N–H and O–H groups in total. The Bertz CT molecular complexity index is 301. The maximum atomic E-state index is 11.7. The molecule has 1 amide bonds. The van der Waals surface area contributed by atoms with Gasteiger partial charge in [-0.2, -0.15) is 0 Å². The minimum atomic E-state index is -1.13. The lowest BCUT2D eigenvalue weighted by molar-refractivity contribution is -0.245. The van der Waals surface area contributed by atoms with Crippen LogP contribution in [0.2, 0.25) is 0 Å². The highest BCUT2D eigenvalue weighted by Gasteiger charge is 2.46. The van der Waals surface area contributed by atoms with E-state index < -0.39 is 29.9 Å². The van der Waals surface area contributed by atoms with Gasteiger partial charge >= 0.3 is 0 Å². The average molecular weight is 295 g/mol. The smallest absolute Gasteiger partial charge is 0.281 e. The van der Waals surface area contributed by atoms with Crippen LogP contribution in [0.4, 0.5) is 4.79 Å². The fraction of sp³-hybridized carbons (Fsp3) is 0.909. The van der Waals surface area contributed by atoms with Crippen molar-refractivity contribution in [1.29, 1.82) is 0 Å². The number of hydrogen-bond donors (Lipinski definition) is 2. The number of rotatable bonds is 4. The minimum absolute atomic E-state index is 0.136. The molecule has 0 saturated carbocycles. The molecule has 0 bridgehead atoms. The fourth-order valence-corrected chi connectivity index (χ4v) is 2.77. The highest BCUT2D eigenvalue weighted by Crippen LogP contribution is 2.31. The van der Waals surface area contributed by atoms with Crippen molar-refractivity contribution in [2.24, 2.45) is 0 Å². The minimum Gasteiger partial charge on any atom is -0.389 e. The molecule has 19 heavy (non-hydrogen) atoms. The van der Waals surface area contributed by atoms with Crippen LogP contribution in [0, 0.1) is 0 Å². The summed E-state index contributed by atoms with van der Waals surface area (Å²) in [7, 11) is 6.11. The normalized spacial score (nSPS) is 35.2. The van der Waals surface area contributed by atoms with Gasteiger partial charge < -0.3 is 29.3 Å². The van der Waals surface area contributed by atoms with E-state index >= 15 is 0 Å². The lowest BCUT2D eigenvalue weighted by Crippen LogP contribution is -2.58. The molecule has 1 rings (SSSR count). The van der Waals surface area contributed by atoms with E-state index in [2.05, 4.69) is 0 Å². The van der Waals surface area contributed by atoms with Crippen molar-refractivity contribution in [1.82, 2.24) is 4.90 Å². The van der Waals surface area contributed by atoms with Gasteiger partial charge in [-0.25, -0.2) is 0 Å². The van der Waals surface area contributed by atoms with Crippen molar-refractivity contribution in [3.63, 3.8) is 0 Å². The first-order valence-electron chi connectivity index (χ1n) is 5.83. The van der Waals surface area contributed by atoms with Gasteiger partial charge in [0.2, 0.25) is 0 Å². The van der Waals surface area contributed by atoms with Crippen molar-refractivity contribution in [3.05, 3.63) is 0 Å². The molecule has 1 saturated heterocycles. The largest absolute Gasteiger partial charge is 0.389 e. The summed E-state index contributed by atoms with van der Waals surface area (Å²) in [6, 6.07) is 0. The summed E-state index contributed by atoms with van der Waals surface area (Å²) in [6.07, 6.45) is -3.73. The lowest BCUT2D eigenvalue weighted by atomic mass is 10.0. The summed E-state index contributed by atoms with van der Waals surface area (Å²) < 4.78 is 15.6. The predicted octanol–water partition coefficient (Wildman–Crippen LogP) is -0.491. The van der Waals surface area contributed by atoms with Crippen LogP contribution in [0.1, 0.15) is 0 Å². The number of thioether (sulfide) groups is 1. The van der Waals surface area contributed by atoms with Crippen molar-refractivity contribution < 1.29 is 29.2 Å². The van der Waals surface area contributed by atoms with Crippen LogP contribution in [-0.4, -0.2) is 85.1 Å². The van der Waals surface area contributed by atoms with Crippen LogP contribution < -0.4 is 0 Å². The molecule has 0 spiro atoms. The Morgan fingerprint density at radius 2 is 1.95 bits per heavy atom. The van der Waals surface area contributed by atoms with Gasteiger partial charge in [0, 0.05) is 28.3 Å². The molecule has 5 atom stereocenters. The highest BCUT2D eigenvalue weighted by atomic mass is 32.2. The third-order valence-corrected chi connectivity index (χ3v) is 4.15. The number of aliphatic hydroxyl groups is 2. The second kappa shape index (κ2) is 7.41. The first-order chi connectivity index (χ1) is 8.92. The second-order valence-corrected chi connectivity index (χ2v) is 5.59. The van der Waals surface area contributed by atoms with E-state index in [1.54, 1.807) is 14.1 Å². The highest BCUT2D eigenvalue weighted by molar-refractivity contribution is 8.14. The van der Waals surface area contributed by atoms with Crippen LogP contribution in [0.5, 0.6) is 0 Å². The number of hydrogen-bond acceptors (Lipinski definition) is 7. The molecule has 0 radical (unpaired) electrons.